The second-order valence-electron chi connectivity index (χ2n) is 5.22. The zero-order chi connectivity index (χ0) is 17.8. The fraction of sp³-hybridized carbons (Fsp3) is 0. The Morgan fingerprint density at radius 1 is 0.880 bits per heavy atom. The molecule has 0 fully saturated rings. The minimum atomic E-state index is -2.24. The van der Waals surface area contributed by atoms with Crippen LogP contribution < -0.4 is 4.74 Å². The standard InChI is InChI=1S/C19H14O5S/c20-19(21)15-2-1-3-17(12-15)24-16-8-4-13(5-9-16)14-6-10-18(11-7-14)25(22)23/h1-12H,(H,20,21)(H,22,23)/p-1. The van der Waals surface area contributed by atoms with Gasteiger partial charge >= 0.3 is 5.97 Å². The first-order valence-corrected chi connectivity index (χ1v) is 8.41. The molecule has 25 heavy (non-hydrogen) atoms. The number of carbonyl (C=O) groups is 1. The maximum Gasteiger partial charge on any atom is 0.335 e. The van der Waals surface area contributed by atoms with Crippen molar-refractivity contribution in [2.24, 2.45) is 0 Å². The molecule has 126 valence electrons. The van der Waals surface area contributed by atoms with Crippen LogP contribution in [0.25, 0.3) is 11.1 Å². The van der Waals surface area contributed by atoms with E-state index in [1.165, 1.54) is 12.1 Å². The van der Waals surface area contributed by atoms with E-state index in [1.807, 2.05) is 12.1 Å². The Hall–Kier alpha value is -2.96. The summed E-state index contributed by atoms with van der Waals surface area (Å²) < 4.78 is 27.4. The molecule has 3 aromatic carbocycles. The van der Waals surface area contributed by atoms with E-state index in [-0.39, 0.29) is 10.5 Å². The third kappa shape index (κ3) is 4.12. The Labute approximate surface area is 146 Å². The van der Waals surface area contributed by atoms with E-state index in [1.54, 1.807) is 48.5 Å². The van der Waals surface area contributed by atoms with Gasteiger partial charge in [-0.15, -0.1) is 0 Å². The number of aromatic carboxylic acids is 1. The van der Waals surface area contributed by atoms with Crippen LogP contribution in [-0.2, 0) is 11.1 Å². The summed E-state index contributed by atoms with van der Waals surface area (Å²) in [4.78, 5) is 11.2. The van der Waals surface area contributed by atoms with Crippen molar-refractivity contribution in [1.29, 1.82) is 0 Å². The van der Waals surface area contributed by atoms with Crippen molar-refractivity contribution in [3.05, 3.63) is 78.4 Å². The maximum absolute atomic E-state index is 11.0. The van der Waals surface area contributed by atoms with Gasteiger partial charge in [0.2, 0.25) is 0 Å². The van der Waals surface area contributed by atoms with Gasteiger partial charge in [-0.2, -0.15) is 0 Å². The number of carboxylic acid groups (broad SMARTS) is 1. The van der Waals surface area contributed by atoms with E-state index in [0.717, 1.165) is 11.1 Å². The van der Waals surface area contributed by atoms with Gasteiger partial charge in [0, 0.05) is 4.90 Å². The van der Waals surface area contributed by atoms with Gasteiger partial charge in [0.05, 0.1) is 5.56 Å². The molecule has 0 aliphatic heterocycles. The molecule has 0 saturated heterocycles. The Kier molecular flexibility index (Phi) is 4.92. The topological polar surface area (TPSA) is 86.7 Å². The number of benzene rings is 3. The van der Waals surface area contributed by atoms with Crippen LogP contribution in [-0.4, -0.2) is 19.8 Å². The van der Waals surface area contributed by atoms with E-state index in [0.29, 0.717) is 11.5 Å². The smallest absolute Gasteiger partial charge is 0.335 e. The average molecular weight is 353 g/mol. The molecule has 3 rings (SSSR count). The van der Waals surface area contributed by atoms with E-state index in [9.17, 15) is 13.6 Å². The molecular weight excluding hydrogens is 340 g/mol. The van der Waals surface area contributed by atoms with Crippen molar-refractivity contribution in [3.63, 3.8) is 0 Å². The molecule has 0 saturated carbocycles. The molecule has 0 aliphatic rings. The second kappa shape index (κ2) is 7.29. The third-order valence-corrected chi connectivity index (χ3v) is 4.21. The van der Waals surface area contributed by atoms with E-state index < -0.39 is 17.0 Å². The quantitative estimate of drug-likeness (QED) is 0.698. The third-order valence-electron chi connectivity index (χ3n) is 3.55. The van der Waals surface area contributed by atoms with Crippen molar-refractivity contribution in [1.82, 2.24) is 0 Å². The maximum atomic E-state index is 11.0. The summed E-state index contributed by atoms with van der Waals surface area (Å²) >= 11 is -2.24. The van der Waals surface area contributed by atoms with Crippen LogP contribution >= 0.6 is 0 Å². The van der Waals surface area contributed by atoms with Crippen LogP contribution in [0.5, 0.6) is 11.5 Å². The number of rotatable bonds is 5. The molecule has 0 amide bonds. The average Bonchev–Trinajstić information content (AvgIpc) is 2.63. The first-order chi connectivity index (χ1) is 12.0. The summed E-state index contributed by atoms with van der Waals surface area (Å²) in [6, 6.07) is 20.0. The number of hydrogen-bond acceptors (Lipinski definition) is 4. The zero-order valence-corrected chi connectivity index (χ0v) is 13.7. The van der Waals surface area contributed by atoms with Gasteiger partial charge in [0.15, 0.2) is 0 Å². The fourth-order valence-electron chi connectivity index (χ4n) is 2.30. The lowest BCUT2D eigenvalue weighted by atomic mass is 10.1. The van der Waals surface area contributed by atoms with Gasteiger partial charge in [-0.3, -0.25) is 4.21 Å². The molecule has 0 aliphatic carbocycles. The highest BCUT2D eigenvalue weighted by Gasteiger charge is 2.05. The lowest BCUT2D eigenvalue weighted by Crippen LogP contribution is -1.96. The number of hydrogen-bond donors (Lipinski definition) is 1. The monoisotopic (exact) mass is 353 g/mol. The van der Waals surface area contributed by atoms with Crippen LogP contribution in [0.1, 0.15) is 10.4 Å². The van der Waals surface area contributed by atoms with Crippen molar-refractivity contribution in [3.8, 4) is 22.6 Å². The Bertz CT molecular complexity index is 917. The van der Waals surface area contributed by atoms with E-state index in [4.69, 9.17) is 9.84 Å². The minimum Gasteiger partial charge on any atom is -0.768 e. The molecule has 6 heteroatoms. The normalized spacial score (nSPS) is 11.7. The predicted molar refractivity (Wildman–Crippen MR) is 92.5 cm³/mol. The van der Waals surface area contributed by atoms with Crippen LogP contribution in [0.3, 0.4) is 0 Å². The molecule has 1 N–H and O–H groups in total. The summed E-state index contributed by atoms with van der Waals surface area (Å²) in [7, 11) is 0. The molecule has 0 bridgehead atoms. The van der Waals surface area contributed by atoms with Gasteiger partial charge in [0.25, 0.3) is 0 Å². The highest BCUT2D eigenvalue weighted by Crippen LogP contribution is 2.26. The van der Waals surface area contributed by atoms with Gasteiger partial charge in [0.1, 0.15) is 11.5 Å². The first kappa shape index (κ1) is 16.9. The molecule has 1 atom stereocenters. The lowest BCUT2D eigenvalue weighted by molar-refractivity contribution is 0.0696. The van der Waals surface area contributed by atoms with Crippen molar-refractivity contribution in [2.45, 2.75) is 4.90 Å². The van der Waals surface area contributed by atoms with Gasteiger partial charge in [-0.05, 0) is 64.7 Å². The molecular formula is C19H13O5S-. The van der Waals surface area contributed by atoms with Crippen molar-refractivity contribution < 1.29 is 23.4 Å². The molecule has 1 unspecified atom stereocenters. The SMILES string of the molecule is O=C(O)c1cccc(Oc2ccc(-c3ccc(S(=O)[O-])cc3)cc2)c1. The summed E-state index contributed by atoms with van der Waals surface area (Å²) in [5.41, 5.74) is 1.95. The zero-order valence-electron chi connectivity index (χ0n) is 12.9. The molecule has 3 aromatic rings. The summed E-state index contributed by atoms with van der Waals surface area (Å²) in [5, 5.41) is 9.00. The lowest BCUT2D eigenvalue weighted by Gasteiger charge is -2.09. The molecule has 5 nitrogen and oxygen atoms in total. The molecule has 0 aromatic heterocycles. The number of carboxylic acids is 1. The van der Waals surface area contributed by atoms with E-state index >= 15 is 0 Å². The van der Waals surface area contributed by atoms with Crippen molar-refractivity contribution >= 4 is 17.0 Å². The predicted octanol–water partition coefficient (Wildman–Crippen LogP) is 4.08. The fourth-order valence-corrected chi connectivity index (χ4v) is 2.66. The van der Waals surface area contributed by atoms with E-state index in [2.05, 4.69) is 0 Å². The molecule has 0 radical (unpaired) electrons. The largest absolute Gasteiger partial charge is 0.768 e. The second-order valence-corrected chi connectivity index (χ2v) is 6.16. The van der Waals surface area contributed by atoms with Crippen LogP contribution in [0.2, 0.25) is 0 Å². The summed E-state index contributed by atoms with van der Waals surface area (Å²) in [6.07, 6.45) is 0. The Balaban J connectivity index is 1.77. The molecule has 0 heterocycles. The Morgan fingerprint density at radius 3 is 2.04 bits per heavy atom. The van der Waals surface area contributed by atoms with Crippen LogP contribution in [0.4, 0.5) is 0 Å². The van der Waals surface area contributed by atoms with Crippen LogP contribution in [0, 0.1) is 0 Å². The number of ether oxygens (including phenoxy) is 1. The summed E-state index contributed by atoms with van der Waals surface area (Å²) in [6.45, 7) is 0. The first-order valence-electron chi connectivity index (χ1n) is 7.34. The van der Waals surface area contributed by atoms with Gasteiger partial charge in [-0.1, -0.05) is 30.3 Å². The van der Waals surface area contributed by atoms with Crippen molar-refractivity contribution in [2.75, 3.05) is 0 Å². The Morgan fingerprint density at radius 2 is 1.48 bits per heavy atom. The minimum absolute atomic E-state index is 0.157. The van der Waals surface area contributed by atoms with Gasteiger partial charge in [-0.25, -0.2) is 4.79 Å². The highest BCUT2D eigenvalue weighted by molar-refractivity contribution is 7.79. The van der Waals surface area contributed by atoms with Gasteiger partial charge < -0.3 is 14.4 Å². The molecule has 0 spiro atoms. The summed E-state index contributed by atoms with van der Waals surface area (Å²) in [5.74, 6) is 0.00162. The highest BCUT2D eigenvalue weighted by atomic mass is 32.2. The van der Waals surface area contributed by atoms with Crippen LogP contribution in [0.15, 0.2) is 77.7 Å².